The van der Waals surface area contributed by atoms with Crippen molar-refractivity contribution in [3.05, 3.63) is 57.6 Å². The van der Waals surface area contributed by atoms with E-state index in [1.54, 1.807) is 13.8 Å². The molecule has 0 spiro atoms. The monoisotopic (exact) mass is 446 g/mol. The molecule has 0 aromatic heterocycles. The number of benzene rings is 2. The van der Waals surface area contributed by atoms with E-state index < -0.39 is 14.9 Å². The molecule has 2 N–H and O–H groups in total. The van der Waals surface area contributed by atoms with Gasteiger partial charge in [-0.2, -0.15) is 4.31 Å². The average molecular weight is 447 g/mol. The Morgan fingerprint density at radius 2 is 1.87 bits per heavy atom. The van der Waals surface area contributed by atoms with Crippen molar-refractivity contribution in [1.29, 1.82) is 0 Å². The second-order valence-electron chi connectivity index (χ2n) is 7.36. The molecular formula is C21H26N4O5S. The van der Waals surface area contributed by atoms with E-state index in [1.807, 2.05) is 25.1 Å². The van der Waals surface area contributed by atoms with Crippen LogP contribution in [-0.4, -0.2) is 36.6 Å². The minimum Gasteiger partial charge on any atom is -0.373 e. The summed E-state index contributed by atoms with van der Waals surface area (Å²) in [6.07, 6.45) is 1.06. The average Bonchev–Trinajstić information content (AvgIpc) is 2.73. The zero-order valence-corrected chi connectivity index (χ0v) is 18.5. The fourth-order valence-corrected chi connectivity index (χ4v) is 5.13. The first kappa shape index (κ1) is 22.7. The molecule has 0 aliphatic carbocycles. The van der Waals surface area contributed by atoms with E-state index in [-0.39, 0.29) is 41.3 Å². The van der Waals surface area contributed by atoms with Crippen molar-refractivity contribution in [2.24, 2.45) is 0 Å². The summed E-state index contributed by atoms with van der Waals surface area (Å²) in [7, 11) is -3.80. The molecule has 0 radical (unpaired) electrons. The number of sulfonamides is 1. The van der Waals surface area contributed by atoms with Crippen LogP contribution in [0, 0.1) is 10.1 Å². The van der Waals surface area contributed by atoms with Gasteiger partial charge in [0.2, 0.25) is 15.9 Å². The number of nitrogens with one attached hydrogen (secondary N) is 2. The van der Waals surface area contributed by atoms with Crippen molar-refractivity contribution in [1.82, 2.24) is 4.31 Å². The number of aryl methyl sites for hydroxylation is 1. The molecule has 3 rings (SSSR count). The highest BCUT2D eigenvalue weighted by molar-refractivity contribution is 7.89. The molecule has 0 fully saturated rings. The number of hydrogen-bond donors (Lipinski definition) is 2. The van der Waals surface area contributed by atoms with Gasteiger partial charge in [0.15, 0.2) is 0 Å². The number of nitrogens with zero attached hydrogens (tertiary/aromatic N) is 2. The lowest BCUT2D eigenvalue weighted by Gasteiger charge is -2.21. The highest BCUT2D eigenvalue weighted by atomic mass is 32.2. The van der Waals surface area contributed by atoms with Crippen LogP contribution in [0.2, 0.25) is 0 Å². The Morgan fingerprint density at radius 3 is 2.52 bits per heavy atom. The first-order valence-corrected chi connectivity index (χ1v) is 11.6. The summed E-state index contributed by atoms with van der Waals surface area (Å²) in [5.74, 6) is -0.0122. The fourth-order valence-electron chi connectivity index (χ4n) is 3.65. The third kappa shape index (κ3) is 4.70. The van der Waals surface area contributed by atoms with E-state index in [0.717, 1.165) is 22.9 Å². The summed E-state index contributed by atoms with van der Waals surface area (Å²) in [6.45, 7) is 5.87. The number of carbonyl (C=O) groups excluding carboxylic acids is 1. The van der Waals surface area contributed by atoms with Gasteiger partial charge >= 0.3 is 0 Å². The Balaban J connectivity index is 1.89. The molecule has 1 amide bonds. The SMILES string of the molecule is CCN(CC)S(=O)(=O)c1ccc(NC(C)c2ccc3c(c2)CCC(=O)N3)c([N+](=O)[O-])c1. The second kappa shape index (κ2) is 9.03. The topological polar surface area (TPSA) is 122 Å². The van der Waals surface area contributed by atoms with Crippen LogP contribution in [0.4, 0.5) is 17.1 Å². The van der Waals surface area contributed by atoms with Crippen LogP contribution in [0.3, 0.4) is 0 Å². The first-order valence-electron chi connectivity index (χ1n) is 10.1. The van der Waals surface area contributed by atoms with E-state index in [1.165, 1.54) is 16.4 Å². The van der Waals surface area contributed by atoms with Crippen LogP contribution >= 0.6 is 0 Å². The van der Waals surface area contributed by atoms with Crippen LogP contribution in [0.15, 0.2) is 41.3 Å². The largest absolute Gasteiger partial charge is 0.373 e. The maximum absolute atomic E-state index is 12.7. The van der Waals surface area contributed by atoms with Crippen LogP contribution in [0.25, 0.3) is 0 Å². The quantitative estimate of drug-likeness (QED) is 0.471. The van der Waals surface area contributed by atoms with E-state index >= 15 is 0 Å². The lowest BCUT2D eigenvalue weighted by Crippen LogP contribution is -2.30. The van der Waals surface area contributed by atoms with Crippen LogP contribution in [0.1, 0.15) is 44.4 Å². The predicted molar refractivity (Wildman–Crippen MR) is 119 cm³/mol. The molecule has 9 nitrogen and oxygen atoms in total. The molecule has 1 aliphatic rings. The lowest BCUT2D eigenvalue weighted by molar-refractivity contribution is -0.384. The molecule has 1 aliphatic heterocycles. The molecule has 0 bridgehead atoms. The maximum Gasteiger partial charge on any atom is 0.293 e. The standard InChI is InChI=1S/C21H26N4O5S/c1-4-24(5-2)31(29,30)17-8-10-19(20(13-17)25(27)28)22-14(3)15-6-9-18-16(12-15)7-11-21(26)23-18/h6,8-10,12-14,22H,4-5,7,11H2,1-3H3,(H,23,26). The summed E-state index contributed by atoms with van der Waals surface area (Å²) in [4.78, 5) is 22.5. The normalized spacial score (nSPS) is 14.6. The molecule has 1 atom stereocenters. The molecule has 1 unspecified atom stereocenters. The maximum atomic E-state index is 12.7. The molecule has 2 aromatic carbocycles. The third-order valence-electron chi connectivity index (χ3n) is 5.41. The number of hydrogen-bond acceptors (Lipinski definition) is 6. The lowest BCUT2D eigenvalue weighted by atomic mass is 9.97. The number of nitro groups is 1. The smallest absolute Gasteiger partial charge is 0.293 e. The van der Waals surface area contributed by atoms with Crippen molar-refractivity contribution < 1.29 is 18.1 Å². The van der Waals surface area contributed by atoms with Gasteiger partial charge in [-0.25, -0.2) is 8.42 Å². The molecular weight excluding hydrogens is 420 g/mol. The summed E-state index contributed by atoms with van der Waals surface area (Å²) in [6, 6.07) is 9.30. The second-order valence-corrected chi connectivity index (χ2v) is 9.29. The predicted octanol–water partition coefficient (Wildman–Crippen LogP) is 3.68. The van der Waals surface area contributed by atoms with Crippen molar-refractivity contribution in [3.8, 4) is 0 Å². The van der Waals surface area contributed by atoms with Crippen molar-refractivity contribution in [3.63, 3.8) is 0 Å². The van der Waals surface area contributed by atoms with Gasteiger partial charge in [-0.05, 0) is 42.7 Å². The number of amides is 1. The number of nitro benzene ring substituents is 1. The van der Waals surface area contributed by atoms with Gasteiger partial charge in [0, 0.05) is 37.3 Å². The Labute approximate surface area is 181 Å². The Bertz CT molecular complexity index is 1110. The van der Waals surface area contributed by atoms with Gasteiger partial charge in [0.05, 0.1) is 9.82 Å². The summed E-state index contributed by atoms with van der Waals surface area (Å²) in [5, 5.41) is 17.6. The van der Waals surface area contributed by atoms with Gasteiger partial charge in [-0.1, -0.05) is 26.0 Å². The highest BCUT2D eigenvalue weighted by Crippen LogP contribution is 2.33. The first-order chi connectivity index (χ1) is 14.7. The van der Waals surface area contributed by atoms with Gasteiger partial charge in [0.1, 0.15) is 5.69 Å². The Morgan fingerprint density at radius 1 is 1.16 bits per heavy atom. The van der Waals surface area contributed by atoms with E-state index in [4.69, 9.17) is 0 Å². The Kier molecular flexibility index (Phi) is 6.61. The number of anilines is 2. The van der Waals surface area contributed by atoms with Crippen molar-refractivity contribution in [2.45, 2.75) is 44.6 Å². The van der Waals surface area contributed by atoms with E-state index in [0.29, 0.717) is 12.8 Å². The van der Waals surface area contributed by atoms with Crippen LogP contribution < -0.4 is 10.6 Å². The van der Waals surface area contributed by atoms with Crippen molar-refractivity contribution in [2.75, 3.05) is 23.7 Å². The van der Waals surface area contributed by atoms with E-state index in [9.17, 15) is 23.3 Å². The molecule has 0 saturated carbocycles. The van der Waals surface area contributed by atoms with E-state index in [2.05, 4.69) is 10.6 Å². The summed E-state index contributed by atoms with van der Waals surface area (Å²) >= 11 is 0. The van der Waals surface area contributed by atoms with Crippen molar-refractivity contribution >= 4 is 33.0 Å². The minimum atomic E-state index is -3.80. The highest BCUT2D eigenvalue weighted by Gasteiger charge is 2.26. The number of rotatable bonds is 8. The zero-order valence-electron chi connectivity index (χ0n) is 17.7. The van der Waals surface area contributed by atoms with Crippen LogP contribution in [0.5, 0.6) is 0 Å². The molecule has 1 heterocycles. The zero-order chi connectivity index (χ0) is 22.8. The van der Waals surface area contributed by atoms with Gasteiger partial charge < -0.3 is 10.6 Å². The summed E-state index contributed by atoms with van der Waals surface area (Å²) in [5.41, 5.74) is 2.64. The molecule has 0 saturated heterocycles. The van der Waals surface area contributed by atoms with Gasteiger partial charge in [-0.15, -0.1) is 0 Å². The molecule has 31 heavy (non-hydrogen) atoms. The van der Waals surface area contributed by atoms with Gasteiger partial charge in [-0.3, -0.25) is 14.9 Å². The third-order valence-corrected chi connectivity index (χ3v) is 7.45. The minimum absolute atomic E-state index is 0.0122. The molecule has 2 aromatic rings. The number of fused-ring (bicyclic) bond motifs is 1. The Hall–Kier alpha value is -2.98. The number of carbonyl (C=O) groups is 1. The van der Waals surface area contributed by atoms with Gasteiger partial charge in [0.25, 0.3) is 5.69 Å². The summed E-state index contributed by atoms with van der Waals surface area (Å²) < 4.78 is 26.7. The fraction of sp³-hybridized carbons (Fsp3) is 0.381. The molecule has 10 heteroatoms. The van der Waals surface area contributed by atoms with Crippen LogP contribution in [-0.2, 0) is 21.2 Å². The molecule has 166 valence electrons.